The largest absolute Gasteiger partial charge is 0.497 e. The number of ether oxygens (including phenoxy) is 1. The lowest BCUT2D eigenvalue weighted by Crippen LogP contribution is -2.29. The second-order valence-corrected chi connectivity index (χ2v) is 8.86. The van der Waals surface area contributed by atoms with Crippen LogP contribution in [0.4, 0.5) is 11.4 Å². The van der Waals surface area contributed by atoms with Crippen molar-refractivity contribution >= 4 is 34.1 Å². The van der Waals surface area contributed by atoms with E-state index >= 15 is 0 Å². The van der Waals surface area contributed by atoms with Gasteiger partial charge in [0.2, 0.25) is 5.43 Å². The van der Waals surface area contributed by atoms with E-state index in [0.717, 1.165) is 41.7 Å². The zero-order valence-electron chi connectivity index (χ0n) is 19.2. The third kappa shape index (κ3) is 3.47. The number of fused-ring (bicyclic) bond motifs is 1. The first-order valence-electron chi connectivity index (χ1n) is 11.6. The van der Waals surface area contributed by atoms with E-state index in [-0.39, 0.29) is 16.9 Å². The number of carbonyl (C=O) groups excluding carboxylic acids is 2. The number of aromatic nitrogens is 1. The van der Waals surface area contributed by atoms with Gasteiger partial charge in [0.1, 0.15) is 11.3 Å². The van der Waals surface area contributed by atoms with Crippen LogP contribution in [0.1, 0.15) is 31.8 Å². The van der Waals surface area contributed by atoms with Crippen LogP contribution in [-0.2, 0) is 19.4 Å². The molecule has 7 heteroatoms. The Hall–Kier alpha value is -4.39. The highest BCUT2D eigenvalue weighted by atomic mass is 16.5. The van der Waals surface area contributed by atoms with Gasteiger partial charge in [0.15, 0.2) is 0 Å². The Balaban J connectivity index is 1.29. The van der Waals surface area contributed by atoms with Crippen molar-refractivity contribution in [1.82, 2.24) is 4.57 Å². The van der Waals surface area contributed by atoms with Crippen molar-refractivity contribution in [1.29, 1.82) is 0 Å². The number of hydrogen-bond donors (Lipinski definition) is 1. The van der Waals surface area contributed by atoms with Gasteiger partial charge in [-0.25, -0.2) is 0 Å². The standard InChI is InChI=1S/C28H23N3O4/c1-35-21-9-6-19(7-10-21)28(34)31-14-12-17-5-8-20(15-24(17)31)29-27(33)23-16-30-13-11-18-3-2-4-22(25(18)30)26(23)32/h2-10,15-16H,11-14H2,1H3,(H,29,33). The number of benzene rings is 3. The topological polar surface area (TPSA) is 80.6 Å². The van der Waals surface area contributed by atoms with Crippen LogP contribution in [0.15, 0.2) is 71.7 Å². The van der Waals surface area contributed by atoms with E-state index in [4.69, 9.17) is 4.74 Å². The van der Waals surface area contributed by atoms with Crippen LogP contribution in [0.3, 0.4) is 0 Å². The summed E-state index contributed by atoms with van der Waals surface area (Å²) in [7, 11) is 1.58. The highest BCUT2D eigenvalue weighted by Gasteiger charge is 2.27. The summed E-state index contributed by atoms with van der Waals surface area (Å²) in [5.41, 5.74) is 4.80. The van der Waals surface area contributed by atoms with Gasteiger partial charge in [-0.1, -0.05) is 18.2 Å². The fourth-order valence-corrected chi connectivity index (χ4v) is 5.07. The molecule has 174 valence electrons. The van der Waals surface area contributed by atoms with E-state index in [1.807, 2.05) is 28.8 Å². The van der Waals surface area contributed by atoms with Gasteiger partial charge in [0.25, 0.3) is 11.8 Å². The maximum atomic E-state index is 13.2. The molecule has 0 saturated carbocycles. The number of para-hydroxylation sites is 1. The van der Waals surface area contributed by atoms with Crippen LogP contribution < -0.4 is 20.4 Å². The van der Waals surface area contributed by atoms with Gasteiger partial charge >= 0.3 is 0 Å². The molecule has 2 aliphatic heterocycles. The number of nitrogens with one attached hydrogen (secondary N) is 1. The maximum Gasteiger partial charge on any atom is 0.261 e. The third-order valence-electron chi connectivity index (χ3n) is 6.87. The molecule has 0 bridgehead atoms. The second kappa shape index (κ2) is 8.13. The molecular formula is C28H23N3O4. The summed E-state index contributed by atoms with van der Waals surface area (Å²) in [5.74, 6) is 0.123. The number of aryl methyl sites for hydroxylation is 2. The van der Waals surface area contributed by atoms with Crippen LogP contribution in [0.2, 0.25) is 0 Å². The molecule has 6 rings (SSSR count). The molecule has 1 aromatic heterocycles. The van der Waals surface area contributed by atoms with E-state index in [9.17, 15) is 14.4 Å². The average Bonchev–Trinajstić information content (AvgIpc) is 3.50. The van der Waals surface area contributed by atoms with Gasteiger partial charge in [-0.2, -0.15) is 0 Å². The number of pyridine rings is 1. The lowest BCUT2D eigenvalue weighted by molar-refractivity contribution is 0.0988. The monoisotopic (exact) mass is 465 g/mol. The van der Waals surface area contributed by atoms with Crippen molar-refractivity contribution in [2.75, 3.05) is 23.9 Å². The number of amides is 2. The smallest absolute Gasteiger partial charge is 0.261 e. The summed E-state index contributed by atoms with van der Waals surface area (Å²) < 4.78 is 7.17. The highest BCUT2D eigenvalue weighted by Crippen LogP contribution is 2.32. The third-order valence-corrected chi connectivity index (χ3v) is 6.87. The maximum absolute atomic E-state index is 13.2. The molecule has 4 aromatic rings. The summed E-state index contributed by atoms with van der Waals surface area (Å²) in [6.45, 7) is 1.31. The van der Waals surface area contributed by atoms with E-state index in [0.29, 0.717) is 28.9 Å². The van der Waals surface area contributed by atoms with Crippen LogP contribution in [0.5, 0.6) is 5.75 Å². The summed E-state index contributed by atoms with van der Waals surface area (Å²) in [5, 5.41) is 3.44. The Labute approximate surface area is 201 Å². The minimum Gasteiger partial charge on any atom is -0.497 e. The van der Waals surface area contributed by atoms with Crippen molar-refractivity contribution in [2.24, 2.45) is 0 Å². The number of carbonyl (C=O) groups is 2. The van der Waals surface area contributed by atoms with Gasteiger partial charge in [-0.3, -0.25) is 14.4 Å². The molecule has 0 fully saturated rings. The first-order chi connectivity index (χ1) is 17.0. The Kier molecular flexibility index (Phi) is 4.91. The van der Waals surface area contributed by atoms with Gasteiger partial charge < -0.3 is 19.5 Å². The first-order valence-corrected chi connectivity index (χ1v) is 11.6. The highest BCUT2D eigenvalue weighted by molar-refractivity contribution is 6.09. The predicted octanol–water partition coefficient (Wildman–Crippen LogP) is 4.02. The molecule has 2 aliphatic rings. The normalized spacial score (nSPS) is 13.7. The van der Waals surface area contributed by atoms with Crippen LogP contribution in [0.25, 0.3) is 10.9 Å². The Morgan fingerprint density at radius 1 is 0.943 bits per heavy atom. The van der Waals surface area contributed by atoms with Gasteiger partial charge in [-0.05, 0) is 66.4 Å². The summed E-state index contributed by atoms with van der Waals surface area (Å²) in [6.07, 6.45) is 3.25. The molecule has 3 heterocycles. The number of hydrogen-bond acceptors (Lipinski definition) is 4. The van der Waals surface area contributed by atoms with Crippen molar-refractivity contribution in [3.63, 3.8) is 0 Å². The fraction of sp³-hybridized carbons (Fsp3) is 0.179. The Morgan fingerprint density at radius 2 is 1.74 bits per heavy atom. The molecule has 1 N–H and O–H groups in total. The summed E-state index contributed by atoms with van der Waals surface area (Å²) in [4.78, 5) is 41.1. The fourth-order valence-electron chi connectivity index (χ4n) is 5.07. The number of nitrogens with zero attached hydrogens (tertiary/aromatic N) is 2. The minimum atomic E-state index is -0.455. The molecule has 7 nitrogen and oxygen atoms in total. The van der Waals surface area contributed by atoms with E-state index < -0.39 is 5.91 Å². The number of methoxy groups -OCH3 is 1. The molecule has 0 saturated heterocycles. The quantitative estimate of drug-likeness (QED) is 0.494. The number of rotatable bonds is 4. The molecular weight excluding hydrogens is 442 g/mol. The molecule has 3 aromatic carbocycles. The molecule has 35 heavy (non-hydrogen) atoms. The first kappa shape index (κ1) is 21.2. The van der Waals surface area contributed by atoms with Gasteiger partial charge in [0.05, 0.1) is 12.6 Å². The van der Waals surface area contributed by atoms with Crippen LogP contribution >= 0.6 is 0 Å². The van der Waals surface area contributed by atoms with Gasteiger partial charge in [-0.15, -0.1) is 0 Å². The van der Waals surface area contributed by atoms with Crippen LogP contribution in [-0.4, -0.2) is 30.0 Å². The van der Waals surface area contributed by atoms with E-state index in [1.54, 1.807) is 54.6 Å². The average molecular weight is 466 g/mol. The van der Waals surface area contributed by atoms with Crippen molar-refractivity contribution in [3.05, 3.63) is 99.3 Å². The number of anilines is 2. The molecule has 0 spiro atoms. The van der Waals surface area contributed by atoms with Crippen LogP contribution in [0, 0.1) is 0 Å². The van der Waals surface area contributed by atoms with Crippen molar-refractivity contribution in [2.45, 2.75) is 19.4 Å². The van der Waals surface area contributed by atoms with E-state index in [1.165, 1.54) is 0 Å². The molecule has 0 aliphatic carbocycles. The Bertz CT molecular complexity index is 1570. The zero-order valence-corrected chi connectivity index (χ0v) is 19.2. The lowest BCUT2D eigenvalue weighted by atomic mass is 10.1. The molecule has 2 amide bonds. The van der Waals surface area contributed by atoms with Crippen molar-refractivity contribution in [3.8, 4) is 5.75 Å². The Morgan fingerprint density at radius 3 is 2.54 bits per heavy atom. The minimum absolute atomic E-state index is 0.110. The van der Waals surface area contributed by atoms with Gasteiger partial charge in [0, 0.05) is 41.6 Å². The van der Waals surface area contributed by atoms with E-state index in [2.05, 4.69) is 5.32 Å². The molecule has 0 unspecified atom stereocenters. The van der Waals surface area contributed by atoms with Crippen molar-refractivity contribution < 1.29 is 14.3 Å². The zero-order chi connectivity index (χ0) is 24.1. The summed E-state index contributed by atoms with van der Waals surface area (Å²) >= 11 is 0. The lowest BCUT2D eigenvalue weighted by Gasteiger charge is -2.18. The SMILES string of the molecule is COc1ccc(C(=O)N2CCc3ccc(NC(=O)c4cn5c6c(cccc6c4=O)CC5)cc32)cc1. The second-order valence-electron chi connectivity index (χ2n) is 8.86. The summed E-state index contributed by atoms with van der Waals surface area (Å²) in [6, 6.07) is 18.2. The molecule has 0 radical (unpaired) electrons. The predicted molar refractivity (Wildman–Crippen MR) is 135 cm³/mol. The molecule has 0 atom stereocenters.